The standard InChI is InChI=1S/C21H15ClN4/c22-18-8-6-16(7-9-18)19-14-25-26-20(10-11-24-21(19)26)17(13-23)12-15-4-2-1-3-5-15/h1-11,14,17H,12H2. The van der Waals surface area contributed by atoms with E-state index >= 15 is 0 Å². The molecule has 2 heterocycles. The molecule has 2 aromatic carbocycles. The van der Waals surface area contributed by atoms with Gasteiger partial charge in [0, 0.05) is 16.8 Å². The first-order valence-corrected chi connectivity index (χ1v) is 8.66. The topological polar surface area (TPSA) is 54.0 Å². The van der Waals surface area contributed by atoms with E-state index < -0.39 is 0 Å². The molecule has 1 unspecified atom stereocenters. The highest BCUT2D eigenvalue weighted by molar-refractivity contribution is 6.30. The summed E-state index contributed by atoms with van der Waals surface area (Å²) < 4.78 is 1.76. The Labute approximate surface area is 156 Å². The van der Waals surface area contributed by atoms with Crippen LogP contribution < -0.4 is 0 Å². The highest BCUT2D eigenvalue weighted by Gasteiger charge is 2.18. The van der Waals surface area contributed by atoms with Gasteiger partial charge in [0.15, 0.2) is 5.65 Å². The molecule has 4 nitrogen and oxygen atoms in total. The first-order chi connectivity index (χ1) is 12.8. The lowest BCUT2D eigenvalue weighted by Crippen LogP contribution is -2.08. The SMILES string of the molecule is N#CC(Cc1ccccc1)c1ccnc2c(-c3ccc(Cl)cc3)cnn12. The Bertz CT molecular complexity index is 1080. The fourth-order valence-electron chi connectivity index (χ4n) is 3.07. The number of fused-ring (bicyclic) bond motifs is 1. The van der Waals surface area contributed by atoms with Gasteiger partial charge in [-0.15, -0.1) is 0 Å². The Balaban J connectivity index is 1.76. The molecule has 0 spiro atoms. The van der Waals surface area contributed by atoms with E-state index in [0.717, 1.165) is 28.0 Å². The van der Waals surface area contributed by atoms with E-state index in [0.29, 0.717) is 11.4 Å². The summed E-state index contributed by atoms with van der Waals surface area (Å²) in [6, 6.07) is 21.9. The second-order valence-corrected chi connectivity index (χ2v) is 6.48. The van der Waals surface area contributed by atoms with E-state index in [1.54, 1.807) is 16.9 Å². The monoisotopic (exact) mass is 358 g/mol. The van der Waals surface area contributed by atoms with Gasteiger partial charge < -0.3 is 0 Å². The number of hydrogen-bond donors (Lipinski definition) is 0. The van der Waals surface area contributed by atoms with Crippen LogP contribution in [0.15, 0.2) is 73.1 Å². The molecule has 4 aromatic rings. The van der Waals surface area contributed by atoms with Gasteiger partial charge in [-0.25, -0.2) is 9.50 Å². The Morgan fingerprint density at radius 3 is 2.54 bits per heavy atom. The van der Waals surface area contributed by atoms with Crippen LogP contribution in [0.4, 0.5) is 0 Å². The third kappa shape index (κ3) is 3.05. The zero-order chi connectivity index (χ0) is 17.9. The van der Waals surface area contributed by atoms with Crippen LogP contribution in [0.3, 0.4) is 0 Å². The van der Waals surface area contributed by atoms with Crippen LogP contribution in [0.1, 0.15) is 17.2 Å². The van der Waals surface area contributed by atoms with Crippen molar-refractivity contribution in [1.29, 1.82) is 5.26 Å². The Morgan fingerprint density at radius 1 is 1.04 bits per heavy atom. The van der Waals surface area contributed by atoms with Crippen molar-refractivity contribution in [3.63, 3.8) is 0 Å². The highest BCUT2D eigenvalue weighted by atomic mass is 35.5. The van der Waals surface area contributed by atoms with E-state index in [-0.39, 0.29) is 5.92 Å². The van der Waals surface area contributed by atoms with Crippen molar-refractivity contribution in [1.82, 2.24) is 14.6 Å². The van der Waals surface area contributed by atoms with Gasteiger partial charge in [-0.1, -0.05) is 54.1 Å². The van der Waals surface area contributed by atoms with E-state index in [4.69, 9.17) is 11.6 Å². The molecule has 0 aliphatic carbocycles. The van der Waals surface area contributed by atoms with Crippen LogP contribution in [0, 0.1) is 11.3 Å². The number of hydrogen-bond acceptors (Lipinski definition) is 3. The van der Waals surface area contributed by atoms with Crippen molar-refractivity contribution in [2.75, 3.05) is 0 Å². The average Bonchev–Trinajstić information content (AvgIpc) is 3.12. The van der Waals surface area contributed by atoms with E-state index in [9.17, 15) is 5.26 Å². The highest BCUT2D eigenvalue weighted by Crippen LogP contribution is 2.27. The maximum atomic E-state index is 9.73. The molecule has 0 saturated heterocycles. The maximum Gasteiger partial charge on any atom is 0.163 e. The second kappa shape index (κ2) is 6.99. The molecule has 0 aliphatic heterocycles. The minimum absolute atomic E-state index is 0.305. The van der Waals surface area contributed by atoms with Crippen LogP contribution in [0.5, 0.6) is 0 Å². The van der Waals surface area contributed by atoms with Gasteiger partial charge in [-0.3, -0.25) is 0 Å². The van der Waals surface area contributed by atoms with Crippen LogP contribution in [0.2, 0.25) is 5.02 Å². The molecule has 0 aliphatic rings. The summed E-state index contributed by atoms with van der Waals surface area (Å²) in [5.74, 6) is -0.305. The van der Waals surface area contributed by atoms with Gasteiger partial charge in [0.1, 0.15) is 0 Å². The molecule has 26 heavy (non-hydrogen) atoms. The number of halogens is 1. The van der Waals surface area contributed by atoms with Crippen molar-refractivity contribution in [2.24, 2.45) is 0 Å². The molecular formula is C21H15ClN4. The molecule has 2 aromatic heterocycles. The summed E-state index contributed by atoms with van der Waals surface area (Å²) in [5.41, 5.74) is 4.60. The van der Waals surface area contributed by atoms with Crippen molar-refractivity contribution in [3.05, 3.63) is 89.3 Å². The van der Waals surface area contributed by atoms with E-state index in [2.05, 4.69) is 16.2 Å². The number of nitrogens with zero attached hydrogens (tertiary/aromatic N) is 4. The van der Waals surface area contributed by atoms with Gasteiger partial charge >= 0.3 is 0 Å². The summed E-state index contributed by atoms with van der Waals surface area (Å²) in [6.45, 7) is 0. The fraction of sp³-hybridized carbons (Fsp3) is 0.0952. The molecule has 4 rings (SSSR count). The zero-order valence-electron chi connectivity index (χ0n) is 13.9. The average molecular weight is 359 g/mol. The molecule has 0 fully saturated rings. The molecule has 126 valence electrons. The number of nitriles is 1. The van der Waals surface area contributed by atoms with Crippen molar-refractivity contribution in [3.8, 4) is 17.2 Å². The summed E-state index contributed by atoms with van der Waals surface area (Å²) in [4.78, 5) is 4.48. The molecule has 0 saturated carbocycles. The predicted octanol–water partition coefficient (Wildman–Crippen LogP) is 4.90. The van der Waals surface area contributed by atoms with Crippen LogP contribution in [0.25, 0.3) is 16.8 Å². The number of rotatable bonds is 4. The fourth-order valence-corrected chi connectivity index (χ4v) is 3.20. The molecule has 0 amide bonds. The third-order valence-corrected chi connectivity index (χ3v) is 4.63. The molecule has 1 atom stereocenters. The summed E-state index contributed by atoms with van der Waals surface area (Å²) in [6.07, 6.45) is 4.15. The first-order valence-electron chi connectivity index (χ1n) is 8.28. The Morgan fingerprint density at radius 2 is 1.81 bits per heavy atom. The van der Waals surface area contributed by atoms with Crippen molar-refractivity contribution >= 4 is 17.2 Å². The minimum atomic E-state index is -0.305. The lowest BCUT2D eigenvalue weighted by atomic mass is 9.97. The molecular weight excluding hydrogens is 344 g/mol. The smallest absolute Gasteiger partial charge is 0.163 e. The van der Waals surface area contributed by atoms with Crippen LogP contribution >= 0.6 is 11.6 Å². The van der Waals surface area contributed by atoms with Crippen LogP contribution in [-0.2, 0) is 6.42 Å². The minimum Gasteiger partial charge on any atom is -0.236 e. The predicted molar refractivity (Wildman–Crippen MR) is 102 cm³/mol. The lowest BCUT2D eigenvalue weighted by molar-refractivity contribution is 0.750. The third-order valence-electron chi connectivity index (χ3n) is 4.38. The number of aromatic nitrogens is 3. The van der Waals surface area contributed by atoms with Crippen LogP contribution in [-0.4, -0.2) is 14.6 Å². The second-order valence-electron chi connectivity index (χ2n) is 6.04. The molecule has 5 heteroatoms. The lowest BCUT2D eigenvalue weighted by Gasteiger charge is -2.11. The Hall–Kier alpha value is -3.16. The number of benzene rings is 2. The molecule has 0 N–H and O–H groups in total. The van der Waals surface area contributed by atoms with Crippen molar-refractivity contribution < 1.29 is 0 Å². The maximum absolute atomic E-state index is 9.73. The van der Waals surface area contributed by atoms with Crippen molar-refractivity contribution in [2.45, 2.75) is 12.3 Å². The Kier molecular flexibility index (Phi) is 4.39. The zero-order valence-corrected chi connectivity index (χ0v) is 14.6. The molecule has 0 bridgehead atoms. The van der Waals surface area contributed by atoms with Gasteiger partial charge in [-0.05, 0) is 35.7 Å². The largest absolute Gasteiger partial charge is 0.236 e. The van der Waals surface area contributed by atoms with Gasteiger partial charge in [-0.2, -0.15) is 10.4 Å². The van der Waals surface area contributed by atoms with Gasteiger partial charge in [0.25, 0.3) is 0 Å². The van der Waals surface area contributed by atoms with Gasteiger partial charge in [0.2, 0.25) is 0 Å². The summed E-state index contributed by atoms with van der Waals surface area (Å²) in [5, 5.41) is 14.9. The molecule has 0 radical (unpaired) electrons. The first kappa shape index (κ1) is 16.3. The quantitative estimate of drug-likeness (QED) is 0.521. The van der Waals surface area contributed by atoms with Gasteiger partial charge in [0.05, 0.1) is 23.9 Å². The normalized spacial score (nSPS) is 12.0. The van der Waals surface area contributed by atoms with E-state index in [1.807, 2.05) is 60.7 Å². The summed E-state index contributed by atoms with van der Waals surface area (Å²) in [7, 11) is 0. The van der Waals surface area contributed by atoms with E-state index in [1.165, 1.54) is 0 Å². The summed E-state index contributed by atoms with van der Waals surface area (Å²) >= 11 is 5.98.